The van der Waals surface area contributed by atoms with Gasteiger partial charge < -0.3 is 19.6 Å². The number of esters is 1. The smallest absolute Gasteiger partial charge is 0.343 e. The average molecular weight is 308 g/mol. The molecule has 0 rings (SSSR count). The molecule has 2 atom stereocenters. The van der Waals surface area contributed by atoms with E-state index in [1.165, 1.54) is 6.92 Å². The van der Waals surface area contributed by atoms with Crippen molar-refractivity contribution in [2.45, 2.75) is 51.3 Å². The van der Waals surface area contributed by atoms with Crippen LogP contribution in [0, 0.1) is 0 Å². The second kappa shape index (κ2) is 8.19. The predicted molar refractivity (Wildman–Crippen MR) is 72.3 cm³/mol. The molecule has 0 aliphatic rings. The van der Waals surface area contributed by atoms with Gasteiger partial charge in [-0.05, 0) is 19.8 Å². The number of unbranched alkanes of at least 4 members (excludes halogenated alkanes) is 2. The molecule has 0 aromatic heterocycles. The topological polar surface area (TPSA) is 121 Å². The van der Waals surface area contributed by atoms with Crippen LogP contribution in [0.5, 0.6) is 0 Å². The molecule has 0 radical (unpaired) electrons. The lowest BCUT2D eigenvalue weighted by Crippen LogP contribution is -2.37. The Hall–Kier alpha value is -1.17. The molecule has 0 saturated heterocycles. The van der Waals surface area contributed by atoms with E-state index in [1.54, 1.807) is 0 Å². The molecule has 0 heterocycles. The lowest BCUT2D eigenvalue weighted by molar-refractivity contribution is -0.149. The van der Waals surface area contributed by atoms with Crippen molar-refractivity contribution in [3.05, 3.63) is 12.2 Å². The van der Waals surface area contributed by atoms with Crippen molar-refractivity contribution in [2.75, 3.05) is 0 Å². The summed E-state index contributed by atoms with van der Waals surface area (Å²) in [6, 6.07) is 0. The van der Waals surface area contributed by atoms with E-state index in [9.17, 15) is 14.2 Å². The fourth-order valence-electron chi connectivity index (χ4n) is 1.63. The van der Waals surface area contributed by atoms with Crippen molar-refractivity contribution < 1.29 is 33.8 Å². The zero-order valence-corrected chi connectivity index (χ0v) is 12.5. The van der Waals surface area contributed by atoms with E-state index in [4.69, 9.17) is 19.6 Å². The second-order valence-corrected chi connectivity index (χ2v) is 6.33. The first-order valence-electron chi connectivity index (χ1n) is 6.25. The lowest BCUT2D eigenvalue weighted by Gasteiger charge is -2.24. The van der Waals surface area contributed by atoms with Gasteiger partial charge in [-0.1, -0.05) is 26.3 Å². The van der Waals surface area contributed by atoms with Gasteiger partial charge in [-0.3, -0.25) is 9.36 Å². The number of aliphatic carboxylic acids is 1. The van der Waals surface area contributed by atoms with Crippen molar-refractivity contribution >= 4 is 19.5 Å². The predicted octanol–water partition coefficient (Wildman–Crippen LogP) is 1.69. The molecular formula is C12H21O7P. The summed E-state index contributed by atoms with van der Waals surface area (Å²) in [6.07, 6.45) is 0.802. The fourth-order valence-corrected chi connectivity index (χ4v) is 2.57. The van der Waals surface area contributed by atoms with Crippen molar-refractivity contribution in [1.82, 2.24) is 0 Å². The van der Waals surface area contributed by atoms with E-state index in [0.717, 1.165) is 12.8 Å². The standard InChI is InChI=1S/C12H21O7P/c1-4-5-6-7-9(19-12(15)8(2)3)10(11(13)14)20(16,17)18/h9-10H,2,4-7H2,1,3H3,(H,13,14)(H2,16,17,18). The van der Waals surface area contributed by atoms with E-state index in [0.29, 0.717) is 6.42 Å². The third-order valence-corrected chi connectivity index (χ3v) is 3.94. The van der Waals surface area contributed by atoms with Crippen LogP contribution in [0.2, 0.25) is 0 Å². The van der Waals surface area contributed by atoms with Crippen molar-refractivity contribution in [2.24, 2.45) is 0 Å². The third kappa shape index (κ3) is 6.32. The van der Waals surface area contributed by atoms with Crippen LogP contribution in [0.1, 0.15) is 39.5 Å². The maximum atomic E-state index is 11.5. The number of carbonyl (C=O) groups is 2. The van der Waals surface area contributed by atoms with Crippen LogP contribution in [0.15, 0.2) is 12.2 Å². The number of carbonyl (C=O) groups excluding carboxylic acids is 1. The summed E-state index contributed by atoms with van der Waals surface area (Å²) in [5, 5.41) is 8.98. The Morgan fingerprint density at radius 1 is 1.30 bits per heavy atom. The number of ether oxygens (including phenoxy) is 1. The van der Waals surface area contributed by atoms with Gasteiger partial charge in [0, 0.05) is 5.57 Å². The Morgan fingerprint density at radius 2 is 1.85 bits per heavy atom. The van der Waals surface area contributed by atoms with Crippen LogP contribution in [0.4, 0.5) is 0 Å². The first-order chi connectivity index (χ1) is 9.11. The number of hydrogen-bond acceptors (Lipinski definition) is 4. The molecule has 8 heteroatoms. The number of hydrogen-bond donors (Lipinski definition) is 3. The molecule has 3 N–H and O–H groups in total. The van der Waals surface area contributed by atoms with Crippen LogP contribution in [0.25, 0.3) is 0 Å². The average Bonchev–Trinajstić information content (AvgIpc) is 2.26. The maximum absolute atomic E-state index is 11.5. The van der Waals surface area contributed by atoms with Gasteiger partial charge in [-0.15, -0.1) is 0 Å². The van der Waals surface area contributed by atoms with Crippen LogP contribution in [-0.4, -0.2) is 38.6 Å². The highest BCUT2D eigenvalue weighted by molar-refractivity contribution is 7.53. The van der Waals surface area contributed by atoms with Crippen LogP contribution in [0.3, 0.4) is 0 Å². The number of carboxylic acid groups (broad SMARTS) is 1. The molecule has 0 fully saturated rings. The summed E-state index contributed by atoms with van der Waals surface area (Å²) in [5.41, 5.74) is -2.01. The molecule has 0 amide bonds. The van der Waals surface area contributed by atoms with Gasteiger partial charge in [-0.25, -0.2) is 4.79 Å². The maximum Gasteiger partial charge on any atom is 0.343 e. The highest BCUT2D eigenvalue weighted by Crippen LogP contribution is 2.45. The Morgan fingerprint density at radius 3 is 2.20 bits per heavy atom. The summed E-state index contributed by atoms with van der Waals surface area (Å²) < 4.78 is 16.2. The first-order valence-corrected chi connectivity index (χ1v) is 7.93. The molecule has 7 nitrogen and oxygen atoms in total. The SMILES string of the molecule is C=C(C)C(=O)OC(CCCCC)C(C(=O)O)P(=O)(O)O. The Labute approximate surface area is 117 Å². The van der Waals surface area contributed by atoms with E-state index in [2.05, 4.69) is 6.58 Å². The molecule has 20 heavy (non-hydrogen) atoms. The Bertz CT molecular complexity index is 412. The van der Waals surface area contributed by atoms with E-state index >= 15 is 0 Å². The largest absolute Gasteiger partial charge is 0.480 e. The Balaban J connectivity index is 5.14. The zero-order valence-electron chi connectivity index (χ0n) is 11.6. The van der Waals surface area contributed by atoms with E-state index in [-0.39, 0.29) is 12.0 Å². The number of carboxylic acids is 1. The van der Waals surface area contributed by atoms with Crippen LogP contribution in [-0.2, 0) is 18.9 Å². The minimum Gasteiger partial charge on any atom is -0.480 e. The van der Waals surface area contributed by atoms with Gasteiger partial charge in [-0.2, -0.15) is 0 Å². The highest BCUT2D eigenvalue weighted by atomic mass is 31.2. The molecule has 116 valence electrons. The van der Waals surface area contributed by atoms with Crippen LogP contribution < -0.4 is 0 Å². The molecule has 0 bridgehead atoms. The third-order valence-electron chi connectivity index (χ3n) is 2.67. The van der Waals surface area contributed by atoms with E-state index < -0.39 is 31.3 Å². The summed E-state index contributed by atoms with van der Waals surface area (Å²) >= 11 is 0. The van der Waals surface area contributed by atoms with Gasteiger partial charge in [0.25, 0.3) is 0 Å². The van der Waals surface area contributed by atoms with Gasteiger partial charge in [0.1, 0.15) is 6.10 Å². The van der Waals surface area contributed by atoms with E-state index in [1.807, 2.05) is 6.92 Å². The van der Waals surface area contributed by atoms with Crippen molar-refractivity contribution in [3.8, 4) is 0 Å². The van der Waals surface area contributed by atoms with Gasteiger partial charge in [0.2, 0.25) is 0 Å². The summed E-state index contributed by atoms with van der Waals surface area (Å²) in [5.74, 6) is -2.54. The van der Waals surface area contributed by atoms with Crippen molar-refractivity contribution in [3.63, 3.8) is 0 Å². The quantitative estimate of drug-likeness (QED) is 0.256. The minimum atomic E-state index is -4.93. The van der Waals surface area contributed by atoms with Crippen molar-refractivity contribution in [1.29, 1.82) is 0 Å². The molecule has 0 spiro atoms. The first kappa shape index (κ1) is 18.8. The molecule has 0 aromatic carbocycles. The Kier molecular flexibility index (Phi) is 7.71. The highest BCUT2D eigenvalue weighted by Gasteiger charge is 2.44. The molecular weight excluding hydrogens is 287 g/mol. The summed E-state index contributed by atoms with van der Waals surface area (Å²) in [7, 11) is -4.93. The summed E-state index contributed by atoms with van der Waals surface area (Å²) in [4.78, 5) is 40.8. The molecule has 2 unspecified atom stereocenters. The molecule has 0 aliphatic carbocycles. The normalized spacial score (nSPS) is 14.4. The second-order valence-electron chi connectivity index (χ2n) is 4.59. The molecule has 0 aliphatic heterocycles. The molecule has 0 saturated carbocycles. The van der Waals surface area contributed by atoms with Crippen LogP contribution >= 0.6 is 7.60 Å². The lowest BCUT2D eigenvalue weighted by atomic mass is 10.1. The summed E-state index contributed by atoms with van der Waals surface area (Å²) in [6.45, 7) is 6.65. The van der Waals surface area contributed by atoms with Gasteiger partial charge in [0.05, 0.1) is 0 Å². The number of rotatable bonds is 9. The minimum absolute atomic E-state index is 0.0420. The fraction of sp³-hybridized carbons (Fsp3) is 0.667. The zero-order chi connectivity index (χ0) is 15.9. The van der Waals surface area contributed by atoms with Gasteiger partial charge >= 0.3 is 19.5 Å². The molecule has 0 aromatic rings. The van der Waals surface area contributed by atoms with Gasteiger partial charge in [0.15, 0.2) is 5.66 Å². The monoisotopic (exact) mass is 308 g/mol.